The lowest BCUT2D eigenvalue weighted by molar-refractivity contribution is -0.384. The highest BCUT2D eigenvalue weighted by atomic mass is 32.1. The molecule has 0 saturated carbocycles. The second kappa shape index (κ2) is 6.29. The number of thiazole rings is 1. The summed E-state index contributed by atoms with van der Waals surface area (Å²) in [5.41, 5.74) is 1.59. The molecule has 0 aliphatic rings. The molecule has 8 nitrogen and oxygen atoms in total. The summed E-state index contributed by atoms with van der Waals surface area (Å²) in [6, 6.07) is 10.8. The van der Waals surface area contributed by atoms with E-state index >= 15 is 0 Å². The first kappa shape index (κ1) is 16.9. The number of rotatable bonds is 3. The maximum Gasteiger partial charge on any atom is 0.270 e. The van der Waals surface area contributed by atoms with Crippen LogP contribution in [0.15, 0.2) is 47.3 Å². The van der Waals surface area contributed by atoms with E-state index in [1.54, 1.807) is 0 Å². The summed E-state index contributed by atoms with van der Waals surface area (Å²) in [7, 11) is 0. The number of hydrogen-bond donors (Lipinski definition) is 2. The Morgan fingerprint density at radius 2 is 2.04 bits per heavy atom. The van der Waals surface area contributed by atoms with Gasteiger partial charge in [-0.15, -0.1) is 0 Å². The summed E-state index contributed by atoms with van der Waals surface area (Å²) >= 11 is 1.31. The standard InChI is InChI=1S/C18H12N4O4S/c1-9-2-4-14-15(6-9)27-18(20-14)21-17(24)12-8-16(23)19-13-5-3-10(22(25)26)7-11(12)13/h2-8H,1H3,(H,19,23)(H,20,21,24). The molecule has 4 aromatic rings. The number of H-pyrrole nitrogens is 1. The van der Waals surface area contributed by atoms with Gasteiger partial charge in [0.15, 0.2) is 5.13 Å². The predicted octanol–water partition coefficient (Wildman–Crippen LogP) is 3.61. The molecule has 0 radical (unpaired) electrons. The fourth-order valence-electron chi connectivity index (χ4n) is 2.79. The van der Waals surface area contributed by atoms with Crippen molar-refractivity contribution >= 4 is 49.2 Å². The Hall–Kier alpha value is -3.59. The van der Waals surface area contributed by atoms with Crippen molar-refractivity contribution in [2.75, 3.05) is 5.32 Å². The van der Waals surface area contributed by atoms with Crippen LogP contribution in [0.3, 0.4) is 0 Å². The van der Waals surface area contributed by atoms with Gasteiger partial charge >= 0.3 is 0 Å². The maximum absolute atomic E-state index is 12.7. The SMILES string of the molecule is Cc1ccc2nc(NC(=O)c3cc(=O)[nH]c4ccc([N+](=O)[O-])cc34)sc2c1. The smallest absolute Gasteiger partial charge is 0.270 e. The monoisotopic (exact) mass is 380 g/mol. The third kappa shape index (κ3) is 3.15. The molecule has 134 valence electrons. The van der Waals surface area contributed by atoms with Crippen molar-refractivity contribution in [1.29, 1.82) is 0 Å². The van der Waals surface area contributed by atoms with Crippen molar-refractivity contribution in [3.63, 3.8) is 0 Å². The van der Waals surface area contributed by atoms with E-state index in [0.29, 0.717) is 16.0 Å². The number of nitro benzene ring substituents is 1. The highest BCUT2D eigenvalue weighted by Crippen LogP contribution is 2.28. The number of aromatic amines is 1. The van der Waals surface area contributed by atoms with E-state index in [0.717, 1.165) is 21.8 Å². The largest absolute Gasteiger partial charge is 0.322 e. The number of nitrogens with zero attached hydrogens (tertiary/aromatic N) is 2. The van der Waals surface area contributed by atoms with Crippen molar-refractivity contribution in [3.05, 3.63) is 74.1 Å². The van der Waals surface area contributed by atoms with Gasteiger partial charge < -0.3 is 4.98 Å². The number of aryl methyl sites for hydroxylation is 1. The summed E-state index contributed by atoms with van der Waals surface area (Å²) < 4.78 is 0.928. The van der Waals surface area contributed by atoms with Crippen LogP contribution >= 0.6 is 11.3 Å². The number of fused-ring (bicyclic) bond motifs is 2. The highest BCUT2D eigenvalue weighted by molar-refractivity contribution is 7.22. The number of hydrogen-bond acceptors (Lipinski definition) is 6. The van der Waals surface area contributed by atoms with Gasteiger partial charge in [-0.1, -0.05) is 17.4 Å². The predicted molar refractivity (Wildman–Crippen MR) is 104 cm³/mol. The number of carbonyl (C=O) groups excluding carboxylic acids is 1. The Morgan fingerprint density at radius 3 is 2.81 bits per heavy atom. The van der Waals surface area contributed by atoms with E-state index in [4.69, 9.17) is 0 Å². The molecule has 4 rings (SSSR count). The van der Waals surface area contributed by atoms with Crippen molar-refractivity contribution in [3.8, 4) is 0 Å². The number of benzene rings is 2. The summed E-state index contributed by atoms with van der Waals surface area (Å²) in [6.07, 6.45) is 0. The summed E-state index contributed by atoms with van der Waals surface area (Å²) in [6.45, 7) is 1.96. The van der Waals surface area contributed by atoms with Crippen LogP contribution in [-0.2, 0) is 0 Å². The van der Waals surface area contributed by atoms with Gasteiger partial charge in [0.2, 0.25) is 5.56 Å². The van der Waals surface area contributed by atoms with Gasteiger partial charge in [0.1, 0.15) is 0 Å². The van der Waals surface area contributed by atoms with Crippen LogP contribution in [0, 0.1) is 17.0 Å². The molecule has 0 saturated heterocycles. The zero-order valence-corrected chi connectivity index (χ0v) is 14.8. The Labute approximate surface area is 155 Å². The molecule has 0 atom stereocenters. The van der Waals surface area contributed by atoms with Gasteiger partial charge in [0, 0.05) is 29.1 Å². The molecular weight excluding hydrogens is 368 g/mol. The average molecular weight is 380 g/mol. The highest BCUT2D eigenvalue weighted by Gasteiger charge is 2.17. The third-order valence-electron chi connectivity index (χ3n) is 4.05. The molecule has 0 fully saturated rings. The fraction of sp³-hybridized carbons (Fsp3) is 0.0556. The van der Waals surface area contributed by atoms with E-state index < -0.39 is 16.4 Å². The Bertz CT molecular complexity index is 1290. The number of anilines is 1. The van der Waals surface area contributed by atoms with Crippen molar-refractivity contribution in [2.24, 2.45) is 0 Å². The Morgan fingerprint density at radius 1 is 1.22 bits per heavy atom. The van der Waals surface area contributed by atoms with Crippen LogP contribution in [0.5, 0.6) is 0 Å². The van der Waals surface area contributed by atoms with Crippen LogP contribution < -0.4 is 10.9 Å². The summed E-state index contributed by atoms with van der Waals surface area (Å²) in [5, 5.41) is 14.4. The molecule has 2 aromatic carbocycles. The summed E-state index contributed by atoms with van der Waals surface area (Å²) in [4.78, 5) is 42.0. The molecule has 2 heterocycles. The van der Waals surface area contributed by atoms with Crippen LogP contribution in [0.2, 0.25) is 0 Å². The molecule has 2 aromatic heterocycles. The number of nitrogens with one attached hydrogen (secondary N) is 2. The number of aromatic nitrogens is 2. The zero-order chi connectivity index (χ0) is 19.1. The zero-order valence-electron chi connectivity index (χ0n) is 14.0. The lowest BCUT2D eigenvalue weighted by atomic mass is 10.1. The van der Waals surface area contributed by atoms with Gasteiger partial charge in [-0.3, -0.25) is 25.0 Å². The number of carbonyl (C=O) groups is 1. The van der Waals surface area contributed by atoms with Crippen molar-refractivity contribution in [1.82, 2.24) is 9.97 Å². The van der Waals surface area contributed by atoms with Crippen LogP contribution in [0.4, 0.5) is 10.8 Å². The second-order valence-corrected chi connectivity index (χ2v) is 7.01. The van der Waals surface area contributed by atoms with Crippen LogP contribution in [0.1, 0.15) is 15.9 Å². The van der Waals surface area contributed by atoms with E-state index in [2.05, 4.69) is 15.3 Å². The minimum atomic E-state index is -0.553. The van der Waals surface area contributed by atoms with E-state index in [9.17, 15) is 19.7 Å². The van der Waals surface area contributed by atoms with Gasteiger partial charge in [-0.05, 0) is 30.7 Å². The van der Waals surface area contributed by atoms with Crippen LogP contribution in [0.25, 0.3) is 21.1 Å². The Balaban J connectivity index is 1.77. The number of non-ortho nitro benzene ring substituents is 1. The van der Waals surface area contributed by atoms with E-state index in [1.807, 2.05) is 25.1 Å². The first-order valence-electron chi connectivity index (χ1n) is 7.91. The molecule has 0 aliphatic heterocycles. The van der Waals surface area contributed by atoms with Gasteiger partial charge in [-0.2, -0.15) is 0 Å². The first-order valence-corrected chi connectivity index (χ1v) is 8.72. The van der Waals surface area contributed by atoms with E-state index in [-0.39, 0.29) is 11.3 Å². The quantitative estimate of drug-likeness (QED) is 0.416. The molecule has 27 heavy (non-hydrogen) atoms. The summed E-state index contributed by atoms with van der Waals surface area (Å²) in [5.74, 6) is -0.553. The van der Waals surface area contributed by atoms with Gasteiger partial charge in [-0.25, -0.2) is 4.98 Å². The molecule has 2 N–H and O–H groups in total. The molecule has 0 spiro atoms. The number of nitro groups is 1. The maximum atomic E-state index is 12.7. The van der Waals surface area contributed by atoms with Crippen molar-refractivity contribution < 1.29 is 9.72 Å². The first-order chi connectivity index (χ1) is 12.9. The molecule has 0 unspecified atom stereocenters. The molecule has 9 heteroatoms. The topological polar surface area (TPSA) is 118 Å². The molecule has 1 amide bonds. The van der Waals surface area contributed by atoms with Crippen LogP contribution in [-0.4, -0.2) is 20.8 Å². The molecule has 0 aliphatic carbocycles. The Kier molecular flexibility index (Phi) is 3.93. The molecular formula is C18H12N4O4S. The third-order valence-corrected chi connectivity index (χ3v) is 4.98. The van der Waals surface area contributed by atoms with Gasteiger partial charge in [0.25, 0.3) is 11.6 Å². The molecule has 0 bridgehead atoms. The lowest BCUT2D eigenvalue weighted by Gasteiger charge is -2.06. The van der Waals surface area contributed by atoms with Gasteiger partial charge in [0.05, 0.1) is 20.7 Å². The average Bonchev–Trinajstić information content (AvgIpc) is 3.01. The second-order valence-electron chi connectivity index (χ2n) is 5.98. The fourth-order valence-corrected chi connectivity index (χ4v) is 3.75. The van der Waals surface area contributed by atoms with Crippen molar-refractivity contribution in [2.45, 2.75) is 6.92 Å². The minimum absolute atomic E-state index is 0.0490. The lowest BCUT2D eigenvalue weighted by Crippen LogP contribution is -2.16. The number of pyridine rings is 1. The van der Waals surface area contributed by atoms with E-state index in [1.165, 1.54) is 29.5 Å². The minimum Gasteiger partial charge on any atom is -0.322 e. The number of amides is 1. The normalized spacial score (nSPS) is 11.0.